The van der Waals surface area contributed by atoms with Crippen LogP contribution >= 0.6 is 24.8 Å². The Morgan fingerprint density at radius 2 is 1.74 bits per heavy atom. The highest BCUT2D eigenvalue weighted by atomic mass is 35.5. The van der Waals surface area contributed by atoms with Crippen LogP contribution in [0.5, 0.6) is 11.5 Å². The molecule has 0 saturated carbocycles. The molecule has 0 spiro atoms. The summed E-state index contributed by atoms with van der Waals surface area (Å²) in [6.45, 7) is 3.82. The second kappa shape index (κ2) is 10.4. The number of piperidine rings is 1. The van der Waals surface area contributed by atoms with E-state index in [0.29, 0.717) is 12.5 Å². The molecule has 1 N–H and O–H groups in total. The van der Waals surface area contributed by atoms with Crippen LogP contribution in [0.2, 0.25) is 0 Å². The molecule has 27 heavy (non-hydrogen) atoms. The van der Waals surface area contributed by atoms with E-state index in [4.69, 9.17) is 9.47 Å². The fraction of sp³-hybridized carbons (Fsp3) is 0.350. The first-order chi connectivity index (χ1) is 12.4. The highest BCUT2D eigenvalue weighted by Crippen LogP contribution is 2.31. The molecular weight excluding hydrogens is 385 g/mol. The van der Waals surface area contributed by atoms with E-state index in [1.54, 1.807) is 6.26 Å². The van der Waals surface area contributed by atoms with Gasteiger partial charge in [-0.1, -0.05) is 18.2 Å². The largest absolute Gasteiger partial charge is 0.457 e. The molecule has 1 aromatic heterocycles. The maximum Gasteiger partial charge on any atom is 0.169 e. The lowest BCUT2D eigenvalue weighted by molar-refractivity contribution is 0.307. The fourth-order valence-electron chi connectivity index (χ4n) is 3.31. The Morgan fingerprint density at radius 1 is 1.00 bits per heavy atom. The van der Waals surface area contributed by atoms with E-state index in [1.807, 2.05) is 42.6 Å². The number of nitrogens with one attached hydrogen (secondary N) is 1. The lowest BCUT2D eigenvalue weighted by Crippen LogP contribution is -2.38. The van der Waals surface area contributed by atoms with Gasteiger partial charge < -0.3 is 19.7 Å². The third kappa shape index (κ3) is 5.51. The maximum atomic E-state index is 5.85. The average molecular weight is 410 g/mol. The molecule has 2 aliphatic heterocycles. The summed E-state index contributed by atoms with van der Waals surface area (Å²) in [5.74, 6) is 4.16. The normalized spacial score (nSPS) is 16.0. The second-order valence-electron chi connectivity index (χ2n) is 6.50. The van der Waals surface area contributed by atoms with Crippen LogP contribution in [0, 0.1) is 5.92 Å². The van der Waals surface area contributed by atoms with E-state index in [0.717, 1.165) is 42.7 Å². The number of halogens is 2. The summed E-state index contributed by atoms with van der Waals surface area (Å²) in [6, 6.07) is 13.8. The molecule has 4 rings (SSSR count). The van der Waals surface area contributed by atoms with Gasteiger partial charge in [0.2, 0.25) is 0 Å². The lowest BCUT2D eigenvalue weighted by atomic mass is 9.97. The number of ether oxygens (including phenoxy) is 2. The summed E-state index contributed by atoms with van der Waals surface area (Å²) in [7, 11) is 0. The zero-order valence-electron chi connectivity index (χ0n) is 15.0. The van der Waals surface area contributed by atoms with Gasteiger partial charge in [-0.3, -0.25) is 0 Å². The molecule has 0 unspecified atom stereocenters. The molecule has 0 aliphatic carbocycles. The SMILES string of the molecule is C1=C(CNCC2CCN(c3ccccn3)CC2)Oc2ccccc2O1.Cl.Cl. The number of hydrogen-bond donors (Lipinski definition) is 1. The molecule has 7 heteroatoms. The molecule has 0 atom stereocenters. The summed E-state index contributed by atoms with van der Waals surface area (Å²) in [5, 5.41) is 3.50. The predicted molar refractivity (Wildman–Crippen MR) is 112 cm³/mol. The number of hydrogen-bond acceptors (Lipinski definition) is 5. The lowest BCUT2D eigenvalue weighted by Gasteiger charge is -2.33. The second-order valence-corrected chi connectivity index (χ2v) is 6.50. The quantitative estimate of drug-likeness (QED) is 0.806. The van der Waals surface area contributed by atoms with Gasteiger partial charge >= 0.3 is 0 Å². The zero-order valence-corrected chi connectivity index (χ0v) is 16.7. The molecule has 5 nitrogen and oxygen atoms in total. The number of benzene rings is 1. The maximum absolute atomic E-state index is 5.85. The molecule has 146 valence electrons. The van der Waals surface area contributed by atoms with E-state index in [2.05, 4.69) is 21.3 Å². The Kier molecular flexibility index (Phi) is 8.23. The fourth-order valence-corrected chi connectivity index (χ4v) is 3.31. The van der Waals surface area contributed by atoms with Crippen molar-refractivity contribution >= 4 is 30.6 Å². The molecule has 1 fully saturated rings. The van der Waals surface area contributed by atoms with Gasteiger partial charge in [-0.25, -0.2) is 4.98 Å². The van der Waals surface area contributed by atoms with E-state index < -0.39 is 0 Å². The molecule has 1 aromatic carbocycles. The summed E-state index contributed by atoms with van der Waals surface area (Å²) < 4.78 is 11.5. The van der Waals surface area contributed by atoms with Crippen LogP contribution in [0.1, 0.15) is 12.8 Å². The van der Waals surface area contributed by atoms with Crippen molar-refractivity contribution in [2.45, 2.75) is 12.8 Å². The highest BCUT2D eigenvalue weighted by Gasteiger charge is 2.20. The van der Waals surface area contributed by atoms with Crippen LogP contribution in [0.4, 0.5) is 5.82 Å². The number of para-hydroxylation sites is 2. The van der Waals surface area contributed by atoms with Gasteiger partial charge in [-0.15, -0.1) is 24.8 Å². The Balaban J connectivity index is 0.00000131. The molecular formula is C20H25Cl2N3O2. The monoisotopic (exact) mass is 409 g/mol. The minimum Gasteiger partial charge on any atom is -0.457 e. The Morgan fingerprint density at radius 3 is 2.48 bits per heavy atom. The van der Waals surface area contributed by atoms with E-state index >= 15 is 0 Å². The van der Waals surface area contributed by atoms with Gasteiger partial charge in [0.05, 0.1) is 6.54 Å². The van der Waals surface area contributed by atoms with Crippen LogP contribution < -0.4 is 19.7 Å². The number of aromatic nitrogens is 1. The van der Waals surface area contributed by atoms with Crippen molar-refractivity contribution < 1.29 is 9.47 Å². The number of nitrogens with zero attached hydrogens (tertiary/aromatic N) is 2. The van der Waals surface area contributed by atoms with Crippen molar-refractivity contribution in [3.8, 4) is 11.5 Å². The molecule has 2 aliphatic rings. The number of pyridine rings is 1. The van der Waals surface area contributed by atoms with Crippen molar-refractivity contribution in [2.75, 3.05) is 31.1 Å². The molecule has 1 saturated heterocycles. The van der Waals surface area contributed by atoms with Crippen LogP contribution in [0.25, 0.3) is 0 Å². The first kappa shape index (κ1) is 21.4. The van der Waals surface area contributed by atoms with Crippen molar-refractivity contribution in [1.29, 1.82) is 0 Å². The summed E-state index contributed by atoms with van der Waals surface area (Å²) in [5.41, 5.74) is 0. The third-order valence-electron chi connectivity index (χ3n) is 4.73. The van der Waals surface area contributed by atoms with E-state index in [9.17, 15) is 0 Å². The topological polar surface area (TPSA) is 46.6 Å². The molecule has 2 aromatic rings. The summed E-state index contributed by atoms with van der Waals surface area (Å²) >= 11 is 0. The van der Waals surface area contributed by atoms with Crippen LogP contribution in [-0.2, 0) is 0 Å². The zero-order chi connectivity index (χ0) is 16.9. The van der Waals surface area contributed by atoms with Crippen LogP contribution in [0.15, 0.2) is 60.7 Å². The van der Waals surface area contributed by atoms with Gasteiger partial charge in [-0.2, -0.15) is 0 Å². The first-order valence-corrected chi connectivity index (χ1v) is 8.88. The Labute approximate surface area is 172 Å². The third-order valence-corrected chi connectivity index (χ3v) is 4.73. The van der Waals surface area contributed by atoms with Crippen molar-refractivity contribution in [3.05, 3.63) is 60.7 Å². The van der Waals surface area contributed by atoms with Gasteiger partial charge in [0.25, 0.3) is 0 Å². The van der Waals surface area contributed by atoms with Gasteiger partial charge in [0.1, 0.15) is 12.1 Å². The number of fused-ring (bicyclic) bond motifs is 1. The minimum atomic E-state index is 0. The molecule has 0 bridgehead atoms. The molecule has 0 amide bonds. The van der Waals surface area contributed by atoms with E-state index in [1.165, 1.54) is 12.8 Å². The van der Waals surface area contributed by atoms with Crippen molar-refractivity contribution in [1.82, 2.24) is 10.3 Å². The van der Waals surface area contributed by atoms with Gasteiger partial charge in [0, 0.05) is 19.3 Å². The van der Waals surface area contributed by atoms with Crippen LogP contribution in [-0.4, -0.2) is 31.2 Å². The Bertz CT molecular complexity index is 735. The highest BCUT2D eigenvalue weighted by molar-refractivity contribution is 5.85. The first-order valence-electron chi connectivity index (χ1n) is 8.88. The number of anilines is 1. The number of rotatable bonds is 5. The molecule has 0 radical (unpaired) electrons. The smallest absolute Gasteiger partial charge is 0.169 e. The Hall–Kier alpha value is -1.95. The predicted octanol–water partition coefficient (Wildman–Crippen LogP) is 4.04. The van der Waals surface area contributed by atoms with Crippen molar-refractivity contribution in [2.24, 2.45) is 5.92 Å². The van der Waals surface area contributed by atoms with Crippen molar-refractivity contribution in [3.63, 3.8) is 0 Å². The van der Waals surface area contributed by atoms with Gasteiger partial charge in [-0.05, 0) is 49.6 Å². The van der Waals surface area contributed by atoms with Crippen LogP contribution in [0.3, 0.4) is 0 Å². The standard InChI is InChI=1S/C20H23N3O2.2ClH/c1-2-6-19-18(5-1)24-15-17(25-19)14-21-13-16-8-11-23(12-9-16)20-7-3-4-10-22-20;;/h1-7,10,15-16,21H,8-9,11-14H2;2*1H. The summed E-state index contributed by atoms with van der Waals surface area (Å²) in [4.78, 5) is 6.81. The van der Waals surface area contributed by atoms with Gasteiger partial charge in [0.15, 0.2) is 17.3 Å². The summed E-state index contributed by atoms with van der Waals surface area (Å²) in [6.07, 6.45) is 5.92. The average Bonchev–Trinajstić information content (AvgIpc) is 2.69. The minimum absolute atomic E-state index is 0. The van der Waals surface area contributed by atoms with E-state index in [-0.39, 0.29) is 24.8 Å². The molecule has 3 heterocycles.